The van der Waals surface area contributed by atoms with Crippen molar-refractivity contribution in [2.75, 3.05) is 26.8 Å². The summed E-state index contributed by atoms with van der Waals surface area (Å²) in [6.07, 6.45) is 3.14. The van der Waals surface area contributed by atoms with Crippen LogP contribution < -0.4 is 15.0 Å². The molecule has 0 radical (unpaired) electrons. The number of hydrogen-bond acceptors (Lipinski definition) is 4. The van der Waals surface area contributed by atoms with Gasteiger partial charge in [0.25, 0.3) is 0 Å². The number of H-pyrrole nitrogens is 2. The Morgan fingerprint density at radius 2 is 1.97 bits per heavy atom. The monoisotopic (exact) mass is 417 g/mol. The minimum absolute atomic E-state index is 0.0947. The first-order valence-corrected chi connectivity index (χ1v) is 10.9. The molecule has 0 amide bonds. The molecule has 4 aromatic rings. The number of methoxy groups -OCH3 is 1. The van der Waals surface area contributed by atoms with Gasteiger partial charge in [0.15, 0.2) is 0 Å². The molecule has 1 aliphatic heterocycles. The number of pyridine rings is 1. The van der Waals surface area contributed by atoms with Crippen molar-refractivity contribution in [1.82, 2.24) is 14.9 Å². The molecule has 0 saturated heterocycles. The van der Waals surface area contributed by atoms with Crippen molar-refractivity contribution in [2.24, 2.45) is 0 Å². The van der Waals surface area contributed by atoms with E-state index in [0.29, 0.717) is 6.61 Å². The number of hydrogen-bond donors (Lipinski definition) is 2. The van der Waals surface area contributed by atoms with Crippen molar-refractivity contribution in [1.29, 1.82) is 0 Å². The Morgan fingerprint density at radius 1 is 1.06 bits per heavy atom. The Morgan fingerprint density at radius 3 is 2.87 bits per heavy atom. The fourth-order valence-electron chi connectivity index (χ4n) is 4.50. The lowest BCUT2D eigenvalue weighted by molar-refractivity contribution is 0.233. The lowest BCUT2D eigenvalue weighted by Gasteiger charge is -2.26. The van der Waals surface area contributed by atoms with Gasteiger partial charge in [0.2, 0.25) is 5.56 Å². The van der Waals surface area contributed by atoms with Gasteiger partial charge in [-0.3, -0.25) is 9.69 Å². The fourth-order valence-corrected chi connectivity index (χ4v) is 4.50. The van der Waals surface area contributed by atoms with Crippen LogP contribution in [-0.4, -0.2) is 41.7 Å². The third kappa shape index (κ3) is 4.03. The molecule has 2 N–H and O–H groups in total. The average molecular weight is 418 g/mol. The van der Waals surface area contributed by atoms with Gasteiger partial charge < -0.3 is 19.4 Å². The molecule has 0 atom stereocenters. The summed E-state index contributed by atoms with van der Waals surface area (Å²) in [7, 11) is 1.72. The summed E-state index contributed by atoms with van der Waals surface area (Å²) in [5, 5.41) is 2.30. The molecule has 160 valence electrons. The van der Waals surface area contributed by atoms with Gasteiger partial charge in [-0.1, -0.05) is 12.1 Å². The van der Waals surface area contributed by atoms with Crippen molar-refractivity contribution in [3.05, 3.63) is 70.1 Å². The zero-order chi connectivity index (χ0) is 21.2. The van der Waals surface area contributed by atoms with Crippen LogP contribution in [-0.2, 0) is 13.0 Å². The molecule has 0 saturated carbocycles. The van der Waals surface area contributed by atoms with Crippen LogP contribution in [0.2, 0.25) is 0 Å². The van der Waals surface area contributed by atoms with E-state index in [2.05, 4.69) is 27.0 Å². The number of nitrogens with one attached hydrogen (secondary N) is 2. The van der Waals surface area contributed by atoms with E-state index in [9.17, 15) is 4.79 Å². The highest BCUT2D eigenvalue weighted by atomic mass is 16.5. The number of fused-ring (bicyclic) bond motifs is 4. The SMILES string of the molecule is COc1cccc2c3c([nH]c12)CN(CCCCOc1ccc2ccc(=O)[nH]c2c1)CC3. The Hall–Kier alpha value is -3.25. The van der Waals surface area contributed by atoms with Crippen LogP contribution in [0.5, 0.6) is 11.5 Å². The molecule has 0 bridgehead atoms. The minimum Gasteiger partial charge on any atom is -0.495 e. The average Bonchev–Trinajstić information content (AvgIpc) is 3.16. The lowest BCUT2D eigenvalue weighted by atomic mass is 10.0. The molecular weight excluding hydrogens is 390 g/mol. The van der Waals surface area contributed by atoms with Crippen molar-refractivity contribution in [3.63, 3.8) is 0 Å². The zero-order valence-electron chi connectivity index (χ0n) is 17.7. The molecule has 0 aliphatic carbocycles. The predicted molar refractivity (Wildman–Crippen MR) is 123 cm³/mol. The van der Waals surface area contributed by atoms with Crippen LogP contribution in [0.3, 0.4) is 0 Å². The highest BCUT2D eigenvalue weighted by molar-refractivity contribution is 5.89. The Bertz CT molecular complexity index is 1270. The predicted octanol–water partition coefficient (Wildman–Crippen LogP) is 4.24. The van der Waals surface area contributed by atoms with E-state index in [-0.39, 0.29) is 5.56 Å². The number of para-hydroxylation sites is 1. The van der Waals surface area contributed by atoms with Gasteiger partial charge in [0.1, 0.15) is 11.5 Å². The number of nitrogens with zero attached hydrogens (tertiary/aromatic N) is 1. The van der Waals surface area contributed by atoms with E-state index >= 15 is 0 Å². The summed E-state index contributed by atoms with van der Waals surface area (Å²) in [6, 6.07) is 15.4. The van der Waals surface area contributed by atoms with Crippen LogP contribution in [0, 0.1) is 0 Å². The largest absolute Gasteiger partial charge is 0.495 e. The summed E-state index contributed by atoms with van der Waals surface area (Å²) in [6.45, 7) is 3.76. The van der Waals surface area contributed by atoms with Gasteiger partial charge in [-0.25, -0.2) is 0 Å². The van der Waals surface area contributed by atoms with Crippen molar-refractivity contribution < 1.29 is 9.47 Å². The molecular formula is C25H27N3O3. The number of aromatic nitrogens is 2. The first kappa shape index (κ1) is 19.7. The number of rotatable bonds is 7. The van der Waals surface area contributed by atoms with Crippen LogP contribution in [0.4, 0.5) is 0 Å². The number of unbranched alkanes of at least 4 members (excludes halogenated alkanes) is 1. The summed E-state index contributed by atoms with van der Waals surface area (Å²) in [5.74, 6) is 1.71. The van der Waals surface area contributed by atoms with Crippen LogP contribution in [0.15, 0.2) is 53.3 Å². The maximum absolute atomic E-state index is 11.5. The second-order valence-corrected chi connectivity index (χ2v) is 8.12. The maximum atomic E-state index is 11.5. The summed E-state index contributed by atoms with van der Waals surface area (Å²) >= 11 is 0. The third-order valence-corrected chi connectivity index (χ3v) is 6.11. The highest BCUT2D eigenvalue weighted by Gasteiger charge is 2.21. The number of aromatic amines is 2. The normalized spacial score (nSPS) is 14.1. The quantitative estimate of drug-likeness (QED) is 0.442. The van der Waals surface area contributed by atoms with Crippen LogP contribution >= 0.6 is 0 Å². The van der Waals surface area contributed by atoms with Gasteiger partial charge in [-0.05, 0) is 61.0 Å². The molecule has 3 heterocycles. The second kappa shape index (κ2) is 8.47. The van der Waals surface area contributed by atoms with Crippen LogP contribution in [0.25, 0.3) is 21.8 Å². The Labute approximate surface area is 180 Å². The molecule has 0 unspecified atom stereocenters. The van der Waals surface area contributed by atoms with Gasteiger partial charge in [0.05, 0.1) is 24.8 Å². The highest BCUT2D eigenvalue weighted by Crippen LogP contribution is 2.32. The topological polar surface area (TPSA) is 70.3 Å². The van der Waals surface area contributed by atoms with E-state index in [1.165, 1.54) is 16.6 Å². The zero-order valence-corrected chi connectivity index (χ0v) is 17.7. The van der Waals surface area contributed by atoms with E-state index in [4.69, 9.17) is 9.47 Å². The molecule has 6 nitrogen and oxygen atoms in total. The molecule has 2 aromatic heterocycles. The van der Waals surface area contributed by atoms with Gasteiger partial charge in [0, 0.05) is 36.3 Å². The van der Waals surface area contributed by atoms with Crippen molar-refractivity contribution in [3.8, 4) is 11.5 Å². The molecule has 6 heteroatoms. The molecule has 31 heavy (non-hydrogen) atoms. The Balaban J connectivity index is 1.13. The van der Waals surface area contributed by atoms with Crippen molar-refractivity contribution in [2.45, 2.75) is 25.8 Å². The van der Waals surface area contributed by atoms with E-state index in [1.54, 1.807) is 13.2 Å². The molecule has 1 aliphatic rings. The van der Waals surface area contributed by atoms with Gasteiger partial charge >= 0.3 is 0 Å². The molecule has 0 fully saturated rings. The number of ether oxygens (including phenoxy) is 2. The number of benzene rings is 2. The summed E-state index contributed by atoms with van der Waals surface area (Å²) < 4.78 is 11.4. The Kier molecular flexibility index (Phi) is 5.38. The van der Waals surface area contributed by atoms with E-state index in [0.717, 1.165) is 66.8 Å². The third-order valence-electron chi connectivity index (χ3n) is 6.11. The molecule has 2 aromatic carbocycles. The van der Waals surface area contributed by atoms with E-state index in [1.807, 2.05) is 30.3 Å². The van der Waals surface area contributed by atoms with Crippen molar-refractivity contribution >= 4 is 21.8 Å². The summed E-state index contributed by atoms with van der Waals surface area (Å²) in [5.41, 5.74) is 4.57. The molecule has 5 rings (SSSR count). The maximum Gasteiger partial charge on any atom is 0.248 e. The minimum atomic E-state index is -0.0947. The smallest absolute Gasteiger partial charge is 0.248 e. The first-order chi connectivity index (χ1) is 15.2. The summed E-state index contributed by atoms with van der Waals surface area (Å²) in [4.78, 5) is 20.4. The molecule has 0 spiro atoms. The lowest BCUT2D eigenvalue weighted by Crippen LogP contribution is -2.31. The fraction of sp³-hybridized carbons (Fsp3) is 0.320. The second-order valence-electron chi connectivity index (χ2n) is 8.12. The van der Waals surface area contributed by atoms with Crippen LogP contribution in [0.1, 0.15) is 24.1 Å². The van der Waals surface area contributed by atoms with Gasteiger partial charge in [-0.15, -0.1) is 0 Å². The standard InChI is InChI=1S/C25H27N3O3/c1-30-23-6-4-5-20-19-11-13-28(16-22(19)27-25(20)23)12-2-3-14-31-18-9-7-17-8-10-24(29)26-21(17)15-18/h4-10,15,27H,2-3,11-14,16H2,1H3,(H,26,29). The van der Waals surface area contributed by atoms with Gasteiger partial charge in [-0.2, -0.15) is 0 Å². The first-order valence-electron chi connectivity index (χ1n) is 10.9. The van der Waals surface area contributed by atoms with E-state index < -0.39 is 0 Å².